The molecule has 2 heterocycles. The molecule has 1 aliphatic carbocycles. The molecule has 2 unspecified atom stereocenters. The lowest BCUT2D eigenvalue weighted by molar-refractivity contribution is -0.138. The van der Waals surface area contributed by atoms with Crippen LogP contribution in [0.5, 0.6) is 0 Å². The van der Waals surface area contributed by atoms with Gasteiger partial charge in [0.1, 0.15) is 5.82 Å². The highest BCUT2D eigenvalue weighted by Crippen LogP contribution is 2.28. The Balaban J connectivity index is 1.48. The summed E-state index contributed by atoms with van der Waals surface area (Å²) < 4.78 is 0.874. The van der Waals surface area contributed by atoms with Gasteiger partial charge in [0.25, 0.3) is 0 Å². The van der Waals surface area contributed by atoms with Crippen LogP contribution in [0.2, 0.25) is 0 Å². The lowest BCUT2D eigenvalue weighted by atomic mass is 9.94. The van der Waals surface area contributed by atoms with E-state index < -0.39 is 0 Å². The number of aromatic nitrogens is 1. The van der Waals surface area contributed by atoms with Gasteiger partial charge in [0.2, 0.25) is 11.8 Å². The summed E-state index contributed by atoms with van der Waals surface area (Å²) in [4.78, 5) is 30.9. The molecule has 1 aliphatic heterocycles. The van der Waals surface area contributed by atoms with Crippen molar-refractivity contribution in [1.82, 2.24) is 9.88 Å². The van der Waals surface area contributed by atoms with Gasteiger partial charge in [-0.2, -0.15) is 0 Å². The molecule has 1 saturated carbocycles. The second kappa shape index (κ2) is 7.61. The van der Waals surface area contributed by atoms with Crippen LogP contribution >= 0.6 is 15.9 Å². The normalized spacial score (nSPS) is 24.8. The number of nitrogens with two attached hydrogens (primary N) is 1. The lowest BCUT2D eigenvalue weighted by Gasteiger charge is -2.33. The number of pyridine rings is 1. The number of hydrogen-bond acceptors (Lipinski definition) is 4. The van der Waals surface area contributed by atoms with Crippen LogP contribution in [-0.4, -0.2) is 40.8 Å². The molecule has 2 amide bonds. The van der Waals surface area contributed by atoms with Crippen molar-refractivity contribution in [3.8, 4) is 0 Å². The molecule has 3 rings (SSSR count). The van der Waals surface area contributed by atoms with Crippen molar-refractivity contribution in [2.24, 2.45) is 17.6 Å². The molecule has 24 heavy (non-hydrogen) atoms. The molecule has 0 spiro atoms. The lowest BCUT2D eigenvalue weighted by Crippen LogP contribution is -2.43. The average molecular weight is 395 g/mol. The van der Waals surface area contributed by atoms with Gasteiger partial charge in [-0.05, 0) is 60.2 Å². The van der Waals surface area contributed by atoms with Crippen molar-refractivity contribution in [3.05, 3.63) is 22.8 Å². The highest BCUT2D eigenvalue weighted by Gasteiger charge is 2.34. The van der Waals surface area contributed by atoms with Crippen LogP contribution in [-0.2, 0) is 9.59 Å². The van der Waals surface area contributed by atoms with E-state index in [4.69, 9.17) is 5.73 Å². The summed E-state index contributed by atoms with van der Waals surface area (Å²) in [5.74, 6) is 0.778. The van der Waals surface area contributed by atoms with Crippen LogP contribution in [0.25, 0.3) is 0 Å². The maximum Gasteiger partial charge on any atom is 0.228 e. The van der Waals surface area contributed by atoms with E-state index in [2.05, 4.69) is 26.2 Å². The number of nitrogens with one attached hydrogen (secondary N) is 1. The molecule has 2 aliphatic rings. The number of piperidine rings is 1. The highest BCUT2D eigenvalue weighted by atomic mass is 79.9. The van der Waals surface area contributed by atoms with Crippen molar-refractivity contribution in [1.29, 1.82) is 0 Å². The molecule has 1 saturated heterocycles. The number of rotatable bonds is 3. The minimum atomic E-state index is -0.0645. The van der Waals surface area contributed by atoms with Gasteiger partial charge in [-0.1, -0.05) is 0 Å². The maximum atomic E-state index is 12.5. The predicted octanol–water partition coefficient (Wildman–Crippen LogP) is 2.15. The number of amides is 2. The summed E-state index contributed by atoms with van der Waals surface area (Å²) in [7, 11) is 0. The Labute approximate surface area is 150 Å². The summed E-state index contributed by atoms with van der Waals surface area (Å²) in [6, 6.07) is 3.78. The zero-order valence-electron chi connectivity index (χ0n) is 13.6. The van der Waals surface area contributed by atoms with E-state index in [0.29, 0.717) is 31.7 Å². The molecular formula is C17H23BrN4O2. The molecule has 0 bridgehead atoms. The van der Waals surface area contributed by atoms with Gasteiger partial charge in [-0.25, -0.2) is 4.98 Å². The minimum absolute atomic E-state index is 0.0141. The van der Waals surface area contributed by atoms with E-state index in [1.165, 1.54) is 0 Å². The standard InChI is InChI=1S/C17H23BrN4O2/c18-13-2-4-15(20-10-13)21-16(23)11-5-7-22(8-6-11)17(24)12-1-3-14(19)9-12/h2,4,10-12,14H,1,3,5-9,19H2,(H,20,21,23). The summed E-state index contributed by atoms with van der Waals surface area (Å²) >= 11 is 3.32. The fraction of sp³-hybridized carbons (Fsp3) is 0.588. The third kappa shape index (κ3) is 4.13. The Kier molecular flexibility index (Phi) is 5.50. The van der Waals surface area contributed by atoms with Gasteiger partial charge in [-0.3, -0.25) is 9.59 Å². The zero-order valence-corrected chi connectivity index (χ0v) is 15.2. The van der Waals surface area contributed by atoms with E-state index in [1.54, 1.807) is 12.3 Å². The van der Waals surface area contributed by atoms with Crippen LogP contribution in [0.1, 0.15) is 32.1 Å². The SMILES string of the molecule is NC1CCC(C(=O)N2CCC(C(=O)Nc3ccc(Br)cn3)CC2)C1. The number of hydrogen-bond donors (Lipinski definition) is 2. The first-order valence-electron chi connectivity index (χ1n) is 8.49. The van der Waals surface area contributed by atoms with E-state index in [1.807, 2.05) is 11.0 Å². The summed E-state index contributed by atoms with van der Waals surface area (Å²) in [5.41, 5.74) is 5.90. The van der Waals surface area contributed by atoms with Crippen molar-refractivity contribution in [2.75, 3.05) is 18.4 Å². The van der Waals surface area contributed by atoms with Gasteiger partial charge >= 0.3 is 0 Å². The smallest absolute Gasteiger partial charge is 0.228 e. The fourth-order valence-electron chi connectivity index (χ4n) is 3.54. The molecule has 2 fully saturated rings. The van der Waals surface area contributed by atoms with Crippen molar-refractivity contribution in [3.63, 3.8) is 0 Å². The van der Waals surface area contributed by atoms with Gasteiger partial charge in [0.15, 0.2) is 0 Å². The summed E-state index contributed by atoms with van der Waals surface area (Å²) in [6.07, 6.45) is 5.70. The molecule has 0 aromatic carbocycles. The number of carbonyl (C=O) groups excluding carboxylic acids is 2. The van der Waals surface area contributed by atoms with Gasteiger partial charge in [-0.15, -0.1) is 0 Å². The average Bonchev–Trinajstić information content (AvgIpc) is 3.03. The first-order chi connectivity index (χ1) is 11.5. The number of carbonyl (C=O) groups is 2. The van der Waals surface area contributed by atoms with Crippen LogP contribution < -0.4 is 11.1 Å². The summed E-state index contributed by atoms with van der Waals surface area (Å²) in [6.45, 7) is 1.30. The number of halogens is 1. The van der Waals surface area contributed by atoms with Crippen LogP contribution in [0.15, 0.2) is 22.8 Å². The topological polar surface area (TPSA) is 88.3 Å². The fourth-order valence-corrected chi connectivity index (χ4v) is 3.77. The van der Waals surface area contributed by atoms with E-state index in [-0.39, 0.29) is 29.7 Å². The quantitative estimate of drug-likeness (QED) is 0.821. The molecule has 7 heteroatoms. The van der Waals surface area contributed by atoms with Gasteiger partial charge in [0.05, 0.1) is 0 Å². The Morgan fingerprint density at radius 2 is 1.92 bits per heavy atom. The monoisotopic (exact) mass is 394 g/mol. The third-order valence-electron chi connectivity index (χ3n) is 4.98. The predicted molar refractivity (Wildman–Crippen MR) is 95.2 cm³/mol. The van der Waals surface area contributed by atoms with Gasteiger partial charge in [0, 0.05) is 41.6 Å². The molecule has 3 N–H and O–H groups in total. The third-order valence-corrected chi connectivity index (χ3v) is 5.45. The number of anilines is 1. The van der Waals surface area contributed by atoms with E-state index in [0.717, 1.165) is 23.7 Å². The second-order valence-corrected chi connectivity index (χ2v) is 7.64. The largest absolute Gasteiger partial charge is 0.342 e. The highest BCUT2D eigenvalue weighted by molar-refractivity contribution is 9.10. The van der Waals surface area contributed by atoms with E-state index in [9.17, 15) is 9.59 Å². The minimum Gasteiger partial charge on any atom is -0.342 e. The number of likely N-dealkylation sites (tertiary alicyclic amines) is 1. The van der Waals surface area contributed by atoms with Crippen molar-refractivity contribution in [2.45, 2.75) is 38.1 Å². The molecule has 130 valence electrons. The van der Waals surface area contributed by atoms with Crippen LogP contribution in [0.3, 0.4) is 0 Å². The van der Waals surface area contributed by atoms with Crippen LogP contribution in [0.4, 0.5) is 5.82 Å². The molecule has 2 atom stereocenters. The van der Waals surface area contributed by atoms with E-state index >= 15 is 0 Å². The zero-order chi connectivity index (χ0) is 17.1. The van der Waals surface area contributed by atoms with Crippen molar-refractivity contribution >= 4 is 33.6 Å². The molecule has 6 nitrogen and oxygen atoms in total. The Hall–Kier alpha value is -1.47. The first kappa shape index (κ1) is 17.4. The van der Waals surface area contributed by atoms with Gasteiger partial charge < -0.3 is 16.0 Å². The number of nitrogens with zero attached hydrogens (tertiary/aromatic N) is 2. The first-order valence-corrected chi connectivity index (χ1v) is 9.29. The van der Waals surface area contributed by atoms with Crippen LogP contribution in [0, 0.1) is 11.8 Å². The molecular weight excluding hydrogens is 372 g/mol. The second-order valence-electron chi connectivity index (χ2n) is 6.72. The van der Waals surface area contributed by atoms with Crippen molar-refractivity contribution < 1.29 is 9.59 Å². The Morgan fingerprint density at radius 3 is 2.50 bits per heavy atom. The molecule has 1 aromatic rings. The Bertz CT molecular complexity index is 599. The molecule has 0 radical (unpaired) electrons. The molecule has 1 aromatic heterocycles. The Morgan fingerprint density at radius 1 is 1.17 bits per heavy atom. The maximum absolute atomic E-state index is 12.5. The summed E-state index contributed by atoms with van der Waals surface area (Å²) in [5, 5.41) is 2.85.